The second-order valence-corrected chi connectivity index (χ2v) is 5.95. The SMILES string of the molecule is CS(=O)N1CCC(c2c[nH]c3ccccc23)C1. The number of nitrogens with one attached hydrogen (secondary N) is 1. The molecule has 2 aromatic rings. The van der Waals surface area contributed by atoms with Crippen LogP contribution in [-0.2, 0) is 11.0 Å². The van der Waals surface area contributed by atoms with Crippen LogP contribution in [0.25, 0.3) is 10.9 Å². The molecule has 1 aliphatic heterocycles. The van der Waals surface area contributed by atoms with Crippen LogP contribution in [0.1, 0.15) is 17.9 Å². The van der Waals surface area contributed by atoms with Crippen molar-refractivity contribution < 1.29 is 4.21 Å². The summed E-state index contributed by atoms with van der Waals surface area (Å²) >= 11 is 0. The molecule has 1 fully saturated rings. The molecule has 2 heterocycles. The van der Waals surface area contributed by atoms with Gasteiger partial charge in [0, 0.05) is 42.4 Å². The number of benzene rings is 1. The van der Waals surface area contributed by atoms with Crippen molar-refractivity contribution in [3.05, 3.63) is 36.0 Å². The Bertz CT molecular complexity index is 563. The zero-order chi connectivity index (χ0) is 11.8. The predicted octanol–water partition coefficient (Wildman–Crippen LogP) is 2.25. The summed E-state index contributed by atoms with van der Waals surface area (Å²) in [6.07, 6.45) is 4.97. The largest absolute Gasteiger partial charge is 0.361 e. The Morgan fingerprint density at radius 2 is 2.24 bits per heavy atom. The highest BCUT2D eigenvalue weighted by Gasteiger charge is 2.27. The molecule has 4 heteroatoms. The molecule has 17 heavy (non-hydrogen) atoms. The third-order valence-corrected chi connectivity index (χ3v) is 4.63. The lowest BCUT2D eigenvalue weighted by Gasteiger charge is -2.11. The van der Waals surface area contributed by atoms with Gasteiger partial charge in [-0.15, -0.1) is 0 Å². The lowest BCUT2D eigenvalue weighted by Crippen LogP contribution is -2.21. The molecule has 2 atom stereocenters. The molecule has 3 rings (SSSR count). The molecule has 1 aromatic carbocycles. The second kappa shape index (κ2) is 4.27. The van der Waals surface area contributed by atoms with E-state index >= 15 is 0 Å². The van der Waals surface area contributed by atoms with Crippen molar-refractivity contribution in [1.29, 1.82) is 0 Å². The van der Waals surface area contributed by atoms with Gasteiger partial charge >= 0.3 is 0 Å². The first kappa shape index (κ1) is 11.0. The van der Waals surface area contributed by atoms with Crippen molar-refractivity contribution in [2.75, 3.05) is 19.3 Å². The van der Waals surface area contributed by atoms with Gasteiger partial charge in [0.2, 0.25) is 0 Å². The monoisotopic (exact) mass is 248 g/mol. The molecule has 0 amide bonds. The number of aromatic nitrogens is 1. The molecule has 3 nitrogen and oxygen atoms in total. The number of hydrogen-bond acceptors (Lipinski definition) is 1. The van der Waals surface area contributed by atoms with Gasteiger partial charge in [-0.1, -0.05) is 18.2 Å². The highest BCUT2D eigenvalue weighted by Crippen LogP contribution is 2.32. The van der Waals surface area contributed by atoms with Gasteiger partial charge in [0.1, 0.15) is 0 Å². The Hall–Kier alpha value is -1.13. The molecule has 0 radical (unpaired) electrons. The van der Waals surface area contributed by atoms with Crippen LogP contribution in [-0.4, -0.2) is 32.8 Å². The predicted molar refractivity (Wildman–Crippen MR) is 71.3 cm³/mol. The molecular weight excluding hydrogens is 232 g/mol. The average molecular weight is 248 g/mol. The summed E-state index contributed by atoms with van der Waals surface area (Å²) in [5.74, 6) is 0.509. The van der Waals surface area contributed by atoms with Gasteiger partial charge in [0.15, 0.2) is 0 Å². The standard InChI is InChI=1S/C13H16N2OS/c1-17(16)15-7-6-10(9-15)12-8-14-13-5-3-2-4-11(12)13/h2-5,8,10,14H,6-7,9H2,1H3. The summed E-state index contributed by atoms with van der Waals surface area (Å²) < 4.78 is 13.5. The smallest absolute Gasteiger partial charge is 0.0910 e. The molecule has 0 saturated carbocycles. The Balaban J connectivity index is 1.93. The number of nitrogens with zero attached hydrogens (tertiary/aromatic N) is 1. The minimum atomic E-state index is -0.834. The van der Waals surface area contributed by atoms with E-state index in [9.17, 15) is 4.21 Å². The molecule has 1 aliphatic rings. The fourth-order valence-corrected chi connectivity index (χ4v) is 3.40. The Morgan fingerprint density at radius 1 is 1.41 bits per heavy atom. The van der Waals surface area contributed by atoms with E-state index in [1.54, 1.807) is 6.26 Å². The lowest BCUT2D eigenvalue weighted by atomic mass is 9.98. The van der Waals surface area contributed by atoms with Crippen molar-refractivity contribution in [3.8, 4) is 0 Å². The van der Waals surface area contributed by atoms with Crippen molar-refractivity contribution in [2.24, 2.45) is 0 Å². The molecule has 2 unspecified atom stereocenters. The van der Waals surface area contributed by atoms with Gasteiger partial charge in [0.05, 0.1) is 11.0 Å². The van der Waals surface area contributed by atoms with Crippen LogP contribution in [0.2, 0.25) is 0 Å². The lowest BCUT2D eigenvalue weighted by molar-refractivity contribution is 0.533. The highest BCUT2D eigenvalue weighted by atomic mass is 32.2. The minimum Gasteiger partial charge on any atom is -0.361 e. The Kier molecular flexibility index (Phi) is 2.76. The van der Waals surface area contributed by atoms with Gasteiger partial charge in [-0.3, -0.25) is 0 Å². The van der Waals surface area contributed by atoms with Gasteiger partial charge in [-0.05, 0) is 18.1 Å². The molecule has 0 spiro atoms. The quantitative estimate of drug-likeness (QED) is 0.869. The molecule has 1 aromatic heterocycles. The normalized spacial score (nSPS) is 23.2. The number of hydrogen-bond donors (Lipinski definition) is 1. The van der Waals surface area contributed by atoms with E-state index < -0.39 is 11.0 Å². The number of rotatable bonds is 2. The summed E-state index contributed by atoms with van der Waals surface area (Å²) in [6, 6.07) is 8.38. The molecule has 1 N–H and O–H groups in total. The van der Waals surface area contributed by atoms with Crippen molar-refractivity contribution in [2.45, 2.75) is 12.3 Å². The van der Waals surface area contributed by atoms with Gasteiger partial charge in [0.25, 0.3) is 0 Å². The van der Waals surface area contributed by atoms with Crippen LogP contribution in [0.4, 0.5) is 0 Å². The number of para-hydroxylation sites is 1. The van der Waals surface area contributed by atoms with Crippen LogP contribution in [0.3, 0.4) is 0 Å². The van der Waals surface area contributed by atoms with Crippen LogP contribution >= 0.6 is 0 Å². The van der Waals surface area contributed by atoms with E-state index in [1.165, 1.54) is 16.5 Å². The summed E-state index contributed by atoms with van der Waals surface area (Å²) in [6.45, 7) is 1.85. The maximum absolute atomic E-state index is 11.5. The second-order valence-electron chi connectivity index (χ2n) is 4.59. The first-order chi connectivity index (χ1) is 8.25. The van der Waals surface area contributed by atoms with E-state index in [-0.39, 0.29) is 0 Å². The van der Waals surface area contributed by atoms with Crippen molar-refractivity contribution in [3.63, 3.8) is 0 Å². The summed E-state index contributed by atoms with van der Waals surface area (Å²) in [5, 5.41) is 1.31. The fraction of sp³-hybridized carbons (Fsp3) is 0.385. The fourth-order valence-electron chi connectivity index (χ4n) is 2.65. The molecule has 0 aliphatic carbocycles. The number of H-pyrrole nitrogens is 1. The Labute approximate surface area is 103 Å². The molecule has 0 bridgehead atoms. The number of aromatic amines is 1. The first-order valence-electron chi connectivity index (χ1n) is 5.90. The third-order valence-electron chi connectivity index (χ3n) is 3.58. The van der Waals surface area contributed by atoms with Crippen molar-refractivity contribution in [1.82, 2.24) is 9.29 Å². The summed E-state index contributed by atoms with van der Waals surface area (Å²) in [4.78, 5) is 3.31. The molecule has 1 saturated heterocycles. The minimum absolute atomic E-state index is 0.509. The third kappa shape index (κ3) is 1.91. The van der Waals surface area contributed by atoms with E-state index in [4.69, 9.17) is 0 Å². The zero-order valence-corrected chi connectivity index (χ0v) is 10.7. The Morgan fingerprint density at radius 3 is 3.00 bits per heavy atom. The van der Waals surface area contributed by atoms with Crippen molar-refractivity contribution >= 4 is 21.9 Å². The van der Waals surface area contributed by atoms with E-state index in [0.29, 0.717) is 5.92 Å². The van der Waals surface area contributed by atoms with E-state index in [2.05, 4.69) is 29.4 Å². The number of fused-ring (bicyclic) bond motifs is 1. The van der Waals surface area contributed by atoms with E-state index in [1.807, 2.05) is 10.4 Å². The maximum Gasteiger partial charge on any atom is 0.0910 e. The van der Waals surface area contributed by atoms with Gasteiger partial charge in [-0.2, -0.15) is 0 Å². The van der Waals surface area contributed by atoms with Crippen LogP contribution in [0.5, 0.6) is 0 Å². The average Bonchev–Trinajstić information content (AvgIpc) is 2.95. The summed E-state index contributed by atoms with van der Waals surface area (Å²) in [5.41, 5.74) is 2.56. The van der Waals surface area contributed by atoms with Crippen LogP contribution < -0.4 is 0 Å². The maximum atomic E-state index is 11.5. The van der Waals surface area contributed by atoms with Gasteiger partial charge in [-0.25, -0.2) is 8.51 Å². The van der Waals surface area contributed by atoms with Gasteiger partial charge < -0.3 is 4.98 Å². The molecule has 90 valence electrons. The highest BCUT2D eigenvalue weighted by molar-refractivity contribution is 7.81. The van der Waals surface area contributed by atoms with E-state index in [0.717, 1.165) is 19.5 Å². The van der Waals surface area contributed by atoms with Crippen LogP contribution in [0.15, 0.2) is 30.5 Å². The molecular formula is C13H16N2OS. The zero-order valence-electron chi connectivity index (χ0n) is 9.85. The summed E-state index contributed by atoms with van der Waals surface area (Å²) in [7, 11) is -0.834. The first-order valence-corrected chi connectivity index (χ1v) is 7.41. The van der Waals surface area contributed by atoms with Crippen LogP contribution in [0, 0.1) is 0 Å². The topological polar surface area (TPSA) is 36.1 Å².